The van der Waals surface area contributed by atoms with Crippen LogP contribution in [0.3, 0.4) is 0 Å². The monoisotopic (exact) mass is 263 g/mol. The summed E-state index contributed by atoms with van der Waals surface area (Å²) in [5, 5.41) is 3.02. The molecular formula is C12H13N3O4. The molecule has 0 radical (unpaired) electrons. The van der Waals surface area contributed by atoms with E-state index in [0.717, 1.165) is 10.6 Å². The summed E-state index contributed by atoms with van der Waals surface area (Å²) in [7, 11) is 1.56. The van der Waals surface area contributed by atoms with E-state index in [1.807, 2.05) is 0 Å². The Kier molecular flexibility index (Phi) is 3.65. The molecule has 1 aromatic rings. The largest absolute Gasteiger partial charge is 0.497 e. The summed E-state index contributed by atoms with van der Waals surface area (Å²) in [6, 6.07) is 6.39. The first-order valence-electron chi connectivity index (χ1n) is 5.62. The van der Waals surface area contributed by atoms with E-state index in [2.05, 4.69) is 10.7 Å². The smallest absolute Gasteiger partial charge is 0.343 e. The molecule has 100 valence electrons. The third-order valence-corrected chi connectivity index (χ3v) is 2.58. The van der Waals surface area contributed by atoms with Crippen LogP contribution in [0.5, 0.6) is 5.75 Å². The maximum absolute atomic E-state index is 11.7. The minimum Gasteiger partial charge on any atom is -0.497 e. The minimum atomic E-state index is -0.618. The number of imide groups is 1. The van der Waals surface area contributed by atoms with Crippen LogP contribution in [-0.2, 0) is 16.0 Å². The zero-order valence-corrected chi connectivity index (χ0v) is 10.3. The lowest BCUT2D eigenvalue weighted by Crippen LogP contribution is -2.44. The van der Waals surface area contributed by atoms with Crippen LogP contribution in [0.2, 0.25) is 0 Å². The maximum Gasteiger partial charge on any atom is 0.343 e. The van der Waals surface area contributed by atoms with E-state index >= 15 is 0 Å². The summed E-state index contributed by atoms with van der Waals surface area (Å²) in [4.78, 5) is 33.9. The van der Waals surface area contributed by atoms with Crippen LogP contribution in [0.15, 0.2) is 24.3 Å². The van der Waals surface area contributed by atoms with Gasteiger partial charge in [0, 0.05) is 0 Å². The number of nitrogens with zero attached hydrogens (tertiary/aromatic N) is 1. The summed E-state index contributed by atoms with van der Waals surface area (Å²) < 4.78 is 5.01. The molecule has 0 aromatic heterocycles. The molecule has 4 amide bonds. The highest BCUT2D eigenvalue weighted by Crippen LogP contribution is 2.11. The first-order valence-corrected chi connectivity index (χ1v) is 5.62. The standard InChI is InChI=1S/C12H13N3O4/c1-19-9-4-2-8(3-5-9)6-10(16)14-15-7-11(17)13-12(15)18/h2-5H,6-7H2,1H3,(H,14,16)(H,13,17,18). The normalized spacial score (nSPS) is 14.3. The predicted molar refractivity (Wildman–Crippen MR) is 65.1 cm³/mol. The molecule has 1 saturated heterocycles. The van der Waals surface area contributed by atoms with Gasteiger partial charge in [0.15, 0.2) is 0 Å². The number of hydrogen-bond acceptors (Lipinski definition) is 4. The van der Waals surface area contributed by atoms with Crippen molar-refractivity contribution in [3.63, 3.8) is 0 Å². The average molecular weight is 263 g/mol. The van der Waals surface area contributed by atoms with Gasteiger partial charge < -0.3 is 4.74 Å². The first kappa shape index (κ1) is 12.9. The molecule has 0 aliphatic carbocycles. The van der Waals surface area contributed by atoms with E-state index in [4.69, 9.17) is 4.74 Å². The third-order valence-electron chi connectivity index (χ3n) is 2.58. The SMILES string of the molecule is COc1ccc(CC(=O)NN2CC(=O)NC2=O)cc1. The Morgan fingerprint density at radius 3 is 2.58 bits per heavy atom. The van der Waals surface area contributed by atoms with Crippen LogP contribution >= 0.6 is 0 Å². The van der Waals surface area contributed by atoms with Crippen molar-refractivity contribution in [1.29, 1.82) is 0 Å². The first-order chi connectivity index (χ1) is 9.08. The van der Waals surface area contributed by atoms with Crippen molar-refractivity contribution >= 4 is 17.8 Å². The minimum absolute atomic E-state index is 0.113. The Balaban J connectivity index is 1.90. The number of methoxy groups -OCH3 is 1. The number of hydrogen-bond donors (Lipinski definition) is 2. The molecule has 2 rings (SSSR count). The number of carbonyl (C=O) groups excluding carboxylic acids is 3. The summed E-state index contributed by atoms with van der Waals surface area (Å²) in [6.07, 6.45) is 0.113. The van der Waals surface area contributed by atoms with Gasteiger partial charge in [0.25, 0.3) is 0 Å². The number of hydrazine groups is 1. The van der Waals surface area contributed by atoms with Crippen LogP contribution in [0.1, 0.15) is 5.56 Å². The maximum atomic E-state index is 11.7. The lowest BCUT2D eigenvalue weighted by molar-refractivity contribution is -0.124. The molecule has 0 atom stereocenters. The predicted octanol–water partition coefficient (Wildman–Crippen LogP) is -0.179. The molecule has 7 nitrogen and oxygen atoms in total. The van der Waals surface area contributed by atoms with E-state index < -0.39 is 11.9 Å². The molecule has 0 bridgehead atoms. The topological polar surface area (TPSA) is 87.7 Å². The quantitative estimate of drug-likeness (QED) is 0.738. The fourth-order valence-corrected chi connectivity index (χ4v) is 1.65. The molecule has 0 saturated carbocycles. The molecule has 7 heteroatoms. The summed E-state index contributed by atoms with van der Waals surface area (Å²) in [6.45, 7) is -0.160. The number of rotatable bonds is 4. The van der Waals surface area contributed by atoms with Gasteiger partial charge >= 0.3 is 6.03 Å². The van der Waals surface area contributed by atoms with Gasteiger partial charge in [-0.3, -0.25) is 20.3 Å². The average Bonchev–Trinajstić information content (AvgIpc) is 2.68. The van der Waals surface area contributed by atoms with E-state index in [0.29, 0.717) is 5.75 Å². The highest BCUT2D eigenvalue weighted by molar-refractivity contribution is 6.02. The summed E-state index contributed by atoms with van der Waals surface area (Å²) in [5.41, 5.74) is 3.15. The molecule has 1 aliphatic heterocycles. The molecule has 1 fully saturated rings. The van der Waals surface area contributed by atoms with Gasteiger partial charge in [0.1, 0.15) is 12.3 Å². The van der Waals surface area contributed by atoms with Crippen molar-refractivity contribution in [3.8, 4) is 5.75 Å². The fourth-order valence-electron chi connectivity index (χ4n) is 1.65. The third kappa shape index (κ3) is 3.21. The molecule has 0 unspecified atom stereocenters. The Morgan fingerprint density at radius 1 is 1.37 bits per heavy atom. The van der Waals surface area contributed by atoms with Gasteiger partial charge in [0.2, 0.25) is 11.8 Å². The van der Waals surface area contributed by atoms with Crippen molar-refractivity contribution in [2.45, 2.75) is 6.42 Å². The van der Waals surface area contributed by atoms with Crippen LogP contribution < -0.4 is 15.5 Å². The van der Waals surface area contributed by atoms with E-state index in [9.17, 15) is 14.4 Å². The number of nitrogens with one attached hydrogen (secondary N) is 2. The summed E-state index contributed by atoms with van der Waals surface area (Å²) in [5.74, 6) is -0.0987. The van der Waals surface area contributed by atoms with Crippen LogP contribution in [0, 0.1) is 0 Å². The Hall–Kier alpha value is -2.57. The number of ether oxygens (including phenoxy) is 1. The van der Waals surface area contributed by atoms with Gasteiger partial charge in [-0.15, -0.1) is 0 Å². The number of carbonyl (C=O) groups is 3. The van der Waals surface area contributed by atoms with Crippen molar-refractivity contribution in [2.75, 3.05) is 13.7 Å². The van der Waals surface area contributed by atoms with Crippen LogP contribution in [0.25, 0.3) is 0 Å². The van der Waals surface area contributed by atoms with Gasteiger partial charge in [-0.2, -0.15) is 0 Å². The molecule has 1 aromatic carbocycles. The number of amides is 4. The van der Waals surface area contributed by atoms with Gasteiger partial charge in [-0.05, 0) is 17.7 Å². The van der Waals surface area contributed by atoms with Crippen LogP contribution in [-0.4, -0.2) is 36.5 Å². The second kappa shape index (κ2) is 5.38. The molecule has 1 heterocycles. The van der Waals surface area contributed by atoms with E-state index in [1.54, 1.807) is 31.4 Å². The van der Waals surface area contributed by atoms with Crippen molar-refractivity contribution in [1.82, 2.24) is 15.8 Å². The number of benzene rings is 1. The second-order valence-corrected chi connectivity index (χ2v) is 4.00. The van der Waals surface area contributed by atoms with Crippen molar-refractivity contribution in [3.05, 3.63) is 29.8 Å². The fraction of sp³-hybridized carbons (Fsp3) is 0.250. The van der Waals surface area contributed by atoms with Crippen LogP contribution in [0.4, 0.5) is 4.79 Å². The lowest BCUT2D eigenvalue weighted by atomic mass is 10.1. The summed E-state index contributed by atoms with van der Waals surface area (Å²) >= 11 is 0. The Bertz CT molecular complexity index is 512. The van der Waals surface area contributed by atoms with E-state index in [-0.39, 0.29) is 18.9 Å². The van der Waals surface area contributed by atoms with Gasteiger partial charge in [0.05, 0.1) is 13.5 Å². The highest BCUT2D eigenvalue weighted by atomic mass is 16.5. The Morgan fingerprint density at radius 2 is 2.05 bits per heavy atom. The lowest BCUT2D eigenvalue weighted by Gasteiger charge is -2.14. The zero-order chi connectivity index (χ0) is 13.8. The van der Waals surface area contributed by atoms with E-state index in [1.165, 1.54) is 0 Å². The molecular weight excluding hydrogens is 250 g/mol. The Labute approximate surface area is 109 Å². The molecule has 1 aliphatic rings. The van der Waals surface area contributed by atoms with Crippen molar-refractivity contribution < 1.29 is 19.1 Å². The zero-order valence-electron chi connectivity index (χ0n) is 10.3. The van der Waals surface area contributed by atoms with Gasteiger partial charge in [-0.1, -0.05) is 12.1 Å². The second-order valence-electron chi connectivity index (χ2n) is 4.00. The molecule has 2 N–H and O–H groups in total. The molecule has 19 heavy (non-hydrogen) atoms. The van der Waals surface area contributed by atoms with Crippen molar-refractivity contribution in [2.24, 2.45) is 0 Å². The highest BCUT2D eigenvalue weighted by Gasteiger charge is 2.27. The van der Waals surface area contributed by atoms with Gasteiger partial charge in [-0.25, -0.2) is 9.80 Å². The molecule has 0 spiro atoms. The number of urea groups is 1.